The van der Waals surface area contributed by atoms with E-state index in [-0.39, 0.29) is 11.7 Å². The van der Waals surface area contributed by atoms with Gasteiger partial charge in [-0.1, -0.05) is 13.8 Å². The molecule has 0 aliphatic carbocycles. The Morgan fingerprint density at radius 1 is 1.24 bits per heavy atom. The van der Waals surface area contributed by atoms with E-state index in [0.717, 1.165) is 13.0 Å². The van der Waals surface area contributed by atoms with Crippen LogP contribution in [-0.4, -0.2) is 33.2 Å². The third-order valence-electron chi connectivity index (χ3n) is 2.88. The Kier molecular flexibility index (Phi) is 7.95. The summed E-state index contributed by atoms with van der Waals surface area (Å²) in [4.78, 5) is 0. The van der Waals surface area contributed by atoms with E-state index in [1.54, 1.807) is 6.07 Å². The number of nitrogens with one attached hydrogen (secondary N) is 2. The van der Waals surface area contributed by atoms with Gasteiger partial charge in [0.2, 0.25) is 5.09 Å². The molecule has 0 aromatic carbocycles. The van der Waals surface area contributed by atoms with Crippen molar-refractivity contribution < 1.29 is 17.9 Å². The van der Waals surface area contributed by atoms with Crippen LogP contribution in [-0.2, 0) is 16.6 Å². The lowest BCUT2D eigenvalue weighted by Crippen LogP contribution is -2.24. The Balaban J connectivity index is 2.42. The maximum absolute atomic E-state index is 12.0. The lowest BCUT2D eigenvalue weighted by Gasteiger charge is -2.05. The van der Waals surface area contributed by atoms with Crippen LogP contribution in [0.3, 0.4) is 0 Å². The summed E-state index contributed by atoms with van der Waals surface area (Å²) in [6.45, 7) is 6.06. The molecule has 0 amide bonds. The Morgan fingerprint density at radius 3 is 2.67 bits per heavy atom. The lowest BCUT2D eigenvalue weighted by molar-refractivity contribution is 0.283. The summed E-state index contributed by atoms with van der Waals surface area (Å²) in [5.41, 5.74) is 0. The van der Waals surface area contributed by atoms with E-state index in [4.69, 9.17) is 9.52 Å². The Hall–Kier alpha value is -0.890. The molecule has 0 spiro atoms. The Bertz CT molecular complexity index is 497. The summed E-state index contributed by atoms with van der Waals surface area (Å²) >= 11 is 0. The fraction of sp³-hybridized carbons (Fsp3) is 0.714. The fourth-order valence-electron chi connectivity index (χ4n) is 1.77. The van der Waals surface area contributed by atoms with Gasteiger partial charge in [0.25, 0.3) is 10.0 Å². The quantitative estimate of drug-likeness (QED) is 0.537. The first-order valence-corrected chi connectivity index (χ1v) is 8.84. The molecule has 0 aliphatic rings. The number of furan rings is 1. The average molecular weight is 318 g/mol. The van der Waals surface area contributed by atoms with Crippen molar-refractivity contribution in [3.63, 3.8) is 0 Å². The molecule has 1 heterocycles. The summed E-state index contributed by atoms with van der Waals surface area (Å²) in [5.74, 6) is 1.14. The van der Waals surface area contributed by atoms with Crippen LogP contribution in [0.1, 0.15) is 38.9 Å². The maximum atomic E-state index is 12.0. The molecule has 0 atom stereocenters. The van der Waals surface area contributed by atoms with Crippen LogP contribution in [0.4, 0.5) is 0 Å². The Labute approximate surface area is 127 Å². The summed E-state index contributed by atoms with van der Waals surface area (Å²) in [5, 5.41) is 11.8. The number of aliphatic hydroxyl groups excluding tert-OH is 1. The first-order valence-electron chi connectivity index (χ1n) is 7.35. The highest BCUT2D eigenvalue weighted by Crippen LogP contribution is 2.13. The van der Waals surface area contributed by atoms with Crippen LogP contribution < -0.4 is 10.0 Å². The molecule has 0 bridgehead atoms. The van der Waals surface area contributed by atoms with E-state index in [1.807, 2.05) is 0 Å². The van der Waals surface area contributed by atoms with Crippen LogP contribution in [0.15, 0.2) is 21.6 Å². The topological polar surface area (TPSA) is 91.6 Å². The average Bonchev–Trinajstić information content (AvgIpc) is 2.87. The van der Waals surface area contributed by atoms with Crippen molar-refractivity contribution in [3.8, 4) is 0 Å². The number of rotatable bonds is 11. The van der Waals surface area contributed by atoms with Gasteiger partial charge in [0, 0.05) is 13.2 Å². The van der Waals surface area contributed by atoms with Gasteiger partial charge >= 0.3 is 0 Å². The van der Waals surface area contributed by atoms with Crippen molar-refractivity contribution in [2.45, 2.75) is 44.7 Å². The van der Waals surface area contributed by atoms with Gasteiger partial charge in [-0.25, -0.2) is 13.1 Å². The third-order valence-corrected chi connectivity index (χ3v) is 4.21. The van der Waals surface area contributed by atoms with Gasteiger partial charge in [-0.3, -0.25) is 0 Å². The molecule has 0 saturated carbocycles. The molecule has 1 rings (SSSR count). The predicted octanol–water partition coefficient (Wildman–Crippen LogP) is 1.47. The van der Waals surface area contributed by atoms with Crippen molar-refractivity contribution in [2.24, 2.45) is 5.92 Å². The zero-order valence-electron chi connectivity index (χ0n) is 12.8. The van der Waals surface area contributed by atoms with Crippen LogP contribution in [0.25, 0.3) is 0 Å². The second kappa shape index (κ2) is 9.19. The molecular formula is C14H26N2O4S. The van der Waals surface area contributed by atoms with Gasteiger partial charge in [-0.05, 0) is 43.9 Å². The summed E-state index contributed by atoms with van der Waals surface area (Å²) in [6, 6.07) is 3.15. The maximum Gasteiger partial charge on any atom is 0.273 e. The minimum absolute atomic E-state index is 0.0500. The number of aliphatic hydroxyl groups is 1. The van der Waals surface area contributed by atoms with Crippen LogP contribution in [0.2, 0.25) is 0 Å². The second-order valence-electron chi connectivity index (χ2n) is 5.43. The highest BCUT2D eigenvalue weighted by Gasteiger charge is 2.17. The minimum Gasteiger partial charge on any atom is -0.447 e. The minimum atomic E-state index is -3.57. The molecule has 0 unspecified atom stereocenters. The van der Waals surface area contributed by atoms with Gasteiger partial charge in [-0.15, -0.1) is 0 Å². The molecule has 3 N–H and O–H groups in total. The van der Waals surface area contributed by atoms with Gasteiger partial charge in [0.05, 0.1) is 6.54 Å². The van der Waals surface area contributed by atoms with Crippen molar-refractivity contribution in [3.05, 3.63) is 17.9 Å². The molecule has 1 aromatic rings. The number of hydrogen-bond acceptors (Lipinski definition) is 5. The zero-order valence-corrected chi connectivity index (χ0v) is 13.6. The van der Waals surface area contributed by atoms with E-state index in [9.17, 15) is 8.42 Å². The summed E-state index contributed by atoms with van der Waals surface area (Å²) < 4.78 is 31.8. The molecule has 7 heteroatoms. The van der Waals surface area contributed by atoms with Gasteiger partial charge in [0.15, 0.2) is 0 Å². The lowest BCUT2D eigenvalue weighted by atomic mass is 10.2. The van der Waals surface area contributed by atoms with Gasteiger partial charge in [0.1, 0.15) is 5.76 Å². The normalized spacial score (nSPS) is 12.2. The standard InChI is InChI=1S/C14H26N2O4S/c1-12(2)10-15-11-13-6-7-14(20-13)21(18,19)16-8-4-3-5-9-17/h6-7,12,15-17H,3-5,8-11H2,1-2H3. The summed E-state index contributed by atoms with van der Waals surface area (Å²) in [6.07, 6.45) is 2.18. The van der Waals surface area contributed by atoms with E-state index in [0.29, 0.717) is 37.6 Å². The molecule has 0 aliphatic heterocycles. The largest absolute Gasteiger partial charge is 0.447 e. The first kappa shape index (κ1) is 18.2. The highest BCUT2D eigenvalue weighted by molar-refractivity contribution is 7.89. The highest BCUT2D eigenvalue weighted by atomic mass is 32.2. The first-order chi connectivity index (χ1) is 9.95. The molecular weight excluding hydrogens is 292 g/mol. The van der Waals surface area contributed by atoms with Crippen molar-refractivity contribution in [2.75, 3.05) is 19.7 Å². The summed E-state index contributed by atoms with van der Waals surface area (Å²) in [7, 11) is -3.57. The van der Waals surface area contributed by atoms with Crippen LogP contribution in [0.5, 0.6) is 0 Å². The molecule has 1 aromatic heterocycles. The second-order valence-corrected chi connectivity index (χ2v) is 7.13. The third kappa shape index (κ3) is 7.08. The molecule has 21 heavy (non-hydrogen) atoms. The van der Waals surface area contributed by atoms with Gasteiger partial charge < -0.3 is 14.8 Å². The number of sulfonamides is 1. The molecule has 122 valence electrons. The van der Waals surface area contributed by atoms with E-state index >= 15 is 0 Å². The number of hydrogen-bond donors (Lipinski definition) is 3. The van der Waals surface area contributed by atoms with Crippen molar-refractivity contribution in [1.29, 1.82) is 0 Å². The predicted molar refractivity (Wildman–Crippen MR) is 81.4 cm³/mol. The zero-order chi connectivity index (χ0) is 15.7. The van der Waals surface area contributed by atoms with Crippen molar-refractivity contribution >= 4 is 10.0 Å². The Morgan fingerprint density at radius 2 is 2.00 bits per heavy atom. The van der Waals surface area contributed by atoms with E-state index < -0.39 is 10.0 Å². The van der Waals surface area contributed by atoms with E-state index in [1.165, 1.54) is 6.07 Å². The SMILES string of the molecule is CC(C)CNCc1ccc(S(=O)(=O)NCCCCCO)o1. The smallest absolute Gasteiger partial charge is 0.273 e. The van der Waals surface area contributed by atoms with Crippen LogP contribution >= 0.6 is 0 Å². The van der Waals surface area contributed by atoms with E-state index in [2.05, 4.69) is 23.9 Å². The van der Waals surface area contributed by atoms with Crippen molar-refractivity contribution in [1.82, 2.24) is 10.0 Å². The molecule has 0 fully saturated rings. The fourth-order valence-corrected chi connectivity index (χ4v) is 2.79. The monoisotopic (exact) mass is 318 g/mol. The molecule has 0 radical (unpaired) electrons. The molecule has 0 saturated heterocycles. The number of unbranched alkanes of at least 4 members (excludes halogenated alkanes) is 2. The van der Waals surface area contributed by atoms with Crippen LogP contribution in [0, 0.1) is 5.92 Å². The molecule has 6 nitrogen and oxygen atoms in total. The van der Waals surface area contributed by atoms with Gasteiger partial charge in [-0.2, -0.15) is 0 Å².